The number of hydrogen-bond acceptors (Lipinski definition) is 9. The van der Waals surface area contributed by atoms with Gasteiger partial charge >= 0.3 is 15.6 Å². The maximum Gasteiger partial charge on any atom is 0.534 e. The Labute approximate surface area is 288 Å². The minimum absolute atomic E-state index is 0.0858. The van der Waals surface area contributed by atoms with Crippen molar-refractivity contribution in [3.05, 3.63) is 80.1 Å². The smallest absolute Gasteiger partial charge is 0.440 e. The molecule has 0 saturated carbocycles. The zero-order chi connectivity index (χ0) is 36.5. The molecule has 0 amide bonds. The zero-order valence-corrected chi connectivity index (χ0v) is 29.9. The molecular formula is C35H39ClF3N3O6S. The van der Waals surface area contributed by atoms with E-state index in [0.29, 0.717) is 33.7 Å². The number of nitrogens with one attached hydrogen (secondary N) is 1. The number of aromatic nitrogens is 1. The molecule has 1 N–H and O–H groups in total. The van der Waals surface area contributed by atoms with Gasteiger partial charge in [-0.1, -0.05) is 45.4 Å². The van der Waals surface area contributed by atoms with Gasteiger partial charge in [0.25, 0.3) is 0 Å². The summed E-state index contributed by atoms with van der Waals surface area (Å²) in [5, 5.41) is 3.90. The van der Waals surface area contributed by atoms with Crippen LogP contribution < -0.4 is 19.8 Å². The van der Waals surface area contributed by atoms with Gasteiger partial charge in [-0.05, 0) is 81.0 Å². The van der Waals surface area contributed by atoms with E-state index < -0.39 is 33.0 Å². The minimum Gasteiger partial charge on any atom is -0.440 e. The van der Waals surface area contributed by atoms with E-state index >= 15 is 0 Å². The molecule has 9 nitrogen and oxygen atoms in total. The molecule has 264 valence electrons. The predicted octanol–water partition coefficient (Wildman–Crippen LogP) is 8.99. The lowest BCUT2D eigenvalue weighted by Gasteiger charge is -2.37. The van der Waals surface area contributed by atoms with E-state index in [1.807, 2.05) is 33.8 Å². The number of nitrogens with zero attached hydrogens (tertiary/aromatic N) is 2. The summed E-state index contributed by atoms with van der Waals surface area (Å²) in [5.74, 6) is -0.254. The van der Waals surface area contributed by atoms with Gasteiger partial charge in [-0.2, -0.15) is 21.6 Å². The van der Waals surface area contributed by atoms with Crippen LogP contribution in [0.2, 0.25) is 5.15 Å². The summed E-state index contributed by atoms with van der Waals surface area (Å²) >= 11 is 6.21. The van der Waals surface area contributed by atoms with Crippen molar-refractivity contribution in [1.82, 2.24) is 4.98 Å². The third kappa shape index (κ3) is 8.04. The number of halogens is 4. The molecule has 14 heteroatoms. The Morgan fingerprint density at radius 1 is 1.08 bits per heavy atom. The summed E-state index contributed by atoms with van der Waals surface area (Å²) in [6, 6.07) is 9.77. The molecule has 0 bridgehead atoms. The van der Waals surface area contributed by atoms with Gasteiger partial charge in [-0.3, -0.25) is 9.59 Å². The molecule has 2 aromatic heterocycles. The maximum absolute atomic E-state index is 13.6. The first-order chi connectivity index (χ1) is 22.9. The lowest BCUT2D eigenvalue weighted by Crippen LogP contribution is -2.38. The van der Waals surface area contributed by atoms with Gasteiger partial charge in [0.1, 0.15) is 10.7 Å². The molecule has 3 heterocycles. The number of pyridine rings is 1. The van der Waals surface area contributed by atoms with Crippen LogP contribution in [-0.2, 0) is 10.1 Å². The number of hydrogen-bond donors (Lipinski definition) is 1. The number of fused-ring (bicyclic) bond motifs is 1. The molecule has 1 unspecified atom stereocenters. The minimum atomic E-state index is -6.01. The second kappa shape index (κ2) is 14.4. The summed E-state index contributed by atoms with van der Waals surface area (Å²) in [6.45, 7) is 15.5. The monoisotopic (exact) mass is 721 g/mol. The fraction of sp³-hybridized carbons (Fsp3) is 0.400. The van der Waals surface area contributed by atoms with Gasteiger partial charge in [0.15, 0.2) is 17.5 Å². The number of alkyl halides is 3. The number of aryl methyl sites for hydroxylation is 1. The van der Waals surface area contributed by atoms with Gasteiger partial charge in [-0.25, -0.2) is 4.98 Å². The Kier molecular flexibility index (Phi) is 11.1. The van der Waals surface area contributed by atoms with E-state index in [1.54, 1.807) is 19.1 Å². The van der Waals surface area contributed by atoms with Crippen molar-refractivity contribution in [2.75, 3.05) is 23.3 Å². The number of rotatable bonds is 8. The molecule has 2 aromatic carbocycles. The highest BCUT2D eigenvalue weighted by molar-refractivity contribution is 7.88. The highest BCUT2D eigenvalue weighted by atomic mass is 35.5. The number of piperidine rings is 1. The van der Waals surface area contributed by atoms with Gasteiger partial charge < -0.3 is 18.8 Å². The normalized spacial score (nSPS) is 15.3. The third-order valence-corrected chi connectivity index (χ3v) is 9.54. The van der Waals surface area contributed by atoms with E-state index in [-0.39, 0.29) is 33.5 Å². The quantitative estimate of drug-likeness (QED) is 0.0823. The van der Waals surface area contributed by atoms with Crippen LogP contribution >= 0.6 is 11.6 Å². The summed E-state index contributed by atoms with van der Waals surface area (Å²) in [6.07, 6.45) is 2.08. The SMILES string of the molecule is CC.Cc1cc(C(C)Nc2ccc(Cl)nc2-c2ccc(OS(=O)(=O)C(F)(F)F)c(C=O)c2)c2oc(N3CCC(C)(C)CC3)c(C)c(=O)c2c1. The Balaban J connectivity index is 0.00000265. The highest BCUT2D eigenvalue weighted by Crippen LogP contribution is 2.38. The Morgan fingerprint density at radius 2 is 1.73 bits per heavy atom. The van der Waals surface area contributed by atoms with Crippen molar-refractivity contribution in [2.24, 2.45) is 5.41 Å². The number of aldehydes is 1. The second-order valence-electron chi connectivity index (χ2n) is 12.5. The summed E-state index contributed by atoms with van der Waals surface area (Å²) in [5.41, 5.74) is -2.63. The van der Waals surface area contributed by atoms with Crippen LogP contribution in [0.3, 0.4) is 0 Å². The Bertz CT molecular complexity index is 2040. The van der Waals surface area contributed by atoms with E-state index in [0.717, 1.165) is 43.6 Å². The summed E-state index contributed by atoms with van der Waals surface area (Å²) in [7, 11) is -6.01. The molecule has 1 aliphatic heterocycles. The van der Waals surface area contributed by atoms with Crippen molar-refractivity contribution in [3.63, 3.8) is 0 Å². The zero-order valence-electron chi connectivity index (χ0n) is 28.3. The molecule has 49 heavy (non-hydrogen) atoms. The second-order valence-corrected chi connectivity index (χ2v) is 14.4. The van der Waals surface area contributed by atoms with Crippen LogP contribution in [-0.4, -0.2) is 38.3 Å². The van der Waals surface area contributed by atoms with Crippen molar-refractivity contribution in [3.8, 4) is 17.0 Å². The van der Waals surface area contributed by atoms with Gasteiger partial charge in [0.05, 0.1) is 33.9 Å². The molecule has 4 aromatic rings. The first-order valence-electron chi connectivity index (χ1n) is 15.8. The number of carbonyl (C=O) groups excluding carboxylic acids is 1. The molecular weight excluding hydrogens is 683 g/mol. The Morgan fingerprint density at radius 3 is 2.35 bits per heavy atom. The fourth-order valence-electron chi connectivity index (χ4n) is 5.61. The fourth-order valence-corrected chi connectivity index (χ4v) is 6.24. The topological polar surface area (TPSA) is 119 Å². The van der Waals surface area contributed by atoms with Crippen molar-refractivity contribution < 1.29 is 35.0 Å². The largest absolute Gasteiger partial charge is 0.534 e. The van der Waals surface area contributed by atoms with E-state index in [1.165, 1.54) is 12.1 Å². The summed E-state index contributed by atoms with van der Waals surface area (Å²) < 4.78 is 72.6. The van der Waals surface area contributed by atoms with Gasteiger partial charge in [0, 0.05) is 24.2 Å². The standard InChI is InChI=1S/C33H33ClF3N3O6S.C2H6/c1-18-14-23(30-24(15-18)29(42)19(2)31(45-30)40-12-10-32(4,5)11-13-40)20(3)38-25-7-9-27(34)39-28(25)21-6-8-26(22(16-21)17-41)46-47(43,44)33(35,36)37;1-2/h6-9,14-17,20,38H,10-13H2,1-5H3;1-2H3. The molecule has 1 atom stereocenters. The average Bonchev–Trinajstić information content (AvgIpc) is 3.04. The lowest BCUT2D eigenvalue weighted by atomic mass is 9.82. The lowest BCUT2D eigenvalue weighted by molar-refractivity contribution is -0.0500. The molecule has 0 radical (unpaired) electrons. The van der Waals surface area contributed by atoms with Crippen molar-refractivity contribution in [2.45, 2.75) is 72.9 Å². The first-order valence-corrected chi connectivity index (χ1v) is 17.6. The van der Waals surface area contributed by atoms with Crippen molar-refractivity contribution >= 4 is 50.5 Å². The molecule has 1 aliphatic rings. The van der Waals surface area contributed by atoms with Gasteiger partial charge in [-0.15, -0.1) is 0 Å². The van der Waals surface area contributed by atoms with E-state index in [2.05, 4.69) is 33.2 Å². The molecule has 0 spiro atoms. The number of benzene rings is 2. The van der Waals surface area contributed by atoms with E-state index in [4.69, 9.17) is 16.0 Å². The van der Waals surface area contributed by atoms with Crippen LogP contribution in [0, 0.1) is 19.3 Å². The molecule has 1 saturated heterocycles. The van der Waals surface area contributed by atoms with Crippen LogP contribution in [0.1, 0.15) is 80.6 Å². The number of carbonyl (C=O) groups is 1. The molecule has 5 rings (SSSR count). The van der Waals surface area contributed by atoms with Crippen molar-refractivity contribution in [1.29, 1.82) is 0 Å². The number of anilines is 2. The van der Waals surface area contributed by atoms with Crippen LogP contribution in [0.25, 0.3) is 22.2 Å². The van der Waals surface area contributed by atoms with E-state index in [9.17, 15) is 31.2 Å². The average molecular weight is 722 g/mol. The molecule has 0 aliphatic carbocycles. The first kappa shape index (κ1) is 37.7. The van der Waals surface area contributed by atoms with Crippen LogP contribution in [0.5, 0.6) is 5.75 Å². The Hall–Kier alpha value is -4.10. The van der Waals surface area contributed by atoms with Gasteiger partial charge in [0.2, 0.25) is 5.88 Å². The maximum atomic E-state index is 13.6. The predicted molar refractivity (Wildman–Crippen MR) is 186 cm³/mol. The van der Waals surface area contributed by atoms with Crippen LogP contribution in [0.15, 0.2) is 51.7 Å². The third-order valence-electron chi connectivity index (χ3n) is 8.36. The summed E-state index contributed by atoms with van der Waals surface area (Å²) in [4.78, 5) is 31.9. The van der Waals surface area contributed by atoms with Crippen LogP contribution in [0.4, 0.5) is 24.7 Å². The highest BCUT2D eigenvalue weighted by Gasteiger charge is 2.48. The molecule has 1 fully saturated rings.